The second-order valence-corrected chi connectivity index (χ2v) is 5.25. The molecule has 0 saturated carbocycles. The average Bonchev–Trinajstić information content (AvgIpc) is 2.62. The molecule has 0 heterocycles. The van der Waals surface area contributed by atoms with Gasteiger partial charge in [-0.25, -0.2) is 4.79 Å². The Kier molecular flexibility index (Phi) is 6.16. The Hall–Kier alpha value is -3.06. The molecule has 4 heteroatoms. The molecule has 122 valence electrons. The Morgan fingerprint density at radius 1 is 1.04 bits per heavy atom. The largest absolute Gasteiger partial charge is 0.467 e. The van der Waals surface area contributed by atoms with Crippen LogP contribution in [-0.4, -0.2) is 25.0 Å². The molecule has 0 saturated heterocycles. The summed E-state index contributed by atoms with van der Waals surface area (Å²) in [6.45, 7) is 0. The SMILES string of the molecule is C#CC[C@@H](NC(=O)C(c1ccccc1)c1ccccc1)C(=O)OC. The molecule has 0 aliphatic heterocycles. The quantitative estimate of drug-likeness (QED) is 0.657. The van der Waals surface area contributed by atoms with E-state index in [4.69, 9.17) is 11.2 Å². The molecule has 1 atom stereocenters. The van der Waals surface area contributed by atoms with Crippen LogP contribution in [0.1, 0.15) is 23.5 Å². The summed E-state index contributed by atoms with van der Waals surface area (Å²) in [6.07, 6.45) is 5.36. The third-order valence-corrected chi connectivity index (χ3v) is 3.65. The number of methoxy groups -OCH3 is 1. The van der Waals surface area contributed by atoms with Gasteiger partial charge in [0, 0.05) is 6.42 Å². The van der Waals surface area contributed by atoms with Gasteiger partial charge in [0.25, 0.3) is 0 Å². The molecule has 0 spiro atoms. The lowest BCUT2D eigenvalue weighted by Crippen LogP contribution is -2.43. The second kappa shape index (κ2) is 8.54. The second-order valence-electron chi connectivity index (χ2n) is 5.25. The van der Waals surface area contributed by atoms with Crippen molar-refractivity contribution in [3.05, 3.63) is 71.8 Å². The van der Waals surface area contributed by atoms with Gasteiger partial charge in [0.2, 0.25) is 5.91 Å². The van der Waals surface area contributed by atoms with E-state index >= 15 is 0 Å². The van der Waals surface area contributed by atoms with Crippen LogP contribution in [0.2, 0.25) is 0 Å². The van der Waals surface area contributed by atoms with Gasteiger partial charge in [-0.15, -0.1) is 12.3 Å². The lowest BCUT2D eigenvalue weighted by atomic mass is 9.90. The smallest absolute Gasteiger partial charge is 0.329 e. The molecular weight excluding hydrogens is 302 g/mol. The van der Waals surface area contributed by atoms with Crippen LogP contribution in [0.25, 0.3) is 0 Å². The first kappa shape index (κ1) is 17.3. The summed E-state index contributed by atoms with van der Waals surface area (Å²) >= 11 is 0. The van der Waals surface area contributed by atoms with Crippen LogP contribution in [0.3, 0.4) is 0 Å². The van der Waals surface area contributed by atoms with Gasteiger partial charge in [-0.3, -0.25) is 4.79 Å². The Morgan fingerprint density at radius 3 is 1.96 bits per heavy atom. The highest BCUT2D eigenvalue weighted by molar-refractivity contribution is 5.91. The molecule has 0 radical (unpaired) electrons. The number of amides is 1. The van der Waals surface area contributed by atoms with Crippen LogP contribution in [0.5, 0.6) is 0 Å². The predicted molar refractivity (Wildman–Crippen MR) is 92.1 cm³/mol. The van der Waals surface area contributed by atoms with Crippen molar-refractivity contribution < 1.29 is 14.3 Å². The third-order valence-electron chi connectivity index (χ3n) is 3.65. The number of nitrogens with one attached hydrogen (secondary N) is 1. The maximum Gasteiger partial charge on any atom is 0.329 e. The molecule has 1 N–H and O–H groups in total. The first-order valence-electron chi connectivity index (χ1n) is 7.59. The van der Waals surface area contributed by atoms with Gasteiger partial charge in [0.05, 0.1) is 13.0 Å². The first-order valence-corrected chi connectivity index (χ1v) is 7.59. The fourth-order valence-electron chi connectivity index (χ4n) is 2.49. The van der Waals surface area contributed by atoms with E-state index < -0.39 is 17.9 Å². The maximum atomic E-state index is 12.9. The van der Waals surface area contributed by atoms with E-state index in [1.807, 2.05) is 60.7 Å². The Labute approximate surface area is 141 Å². The fourth-order valence-corrected chi connectivity index (χ4v) is 2.49. The zero-order valence-electron chi connectivity index (χ0n) is 13.4. The molecule has 24 heavy (non-hydrogen) atoms. The van der Waals surface area contributed by atoms with Crippen LogP contribution in [0, 0.1) is 12.3 Å². The Balaban J connectivity index is 2.32. The number of benzene rings is 2. The third kappa shape index (κ3) is 4.23. The lowest BCUT2D eigenvalue weighted by molar-refractivity contribution is -0.145. The van der Waals surface area contributed by atoms with Crippen molar-refractivity contribution in [2.75, 3.05) is 7.11 Å². The van der Waals surface area contributed by atoms with Crippen molar-refractivity contribution in [3.63, 3.8) is 0 Å². The highest BCUT2D eigenvalue weighted by Crippen LogP contribution is 2.25. The van der Waals surface area contributed by atoms with Crippen LogP contribution in [0.4, 0.5) is 0 Å². The minimum absolute atomic E-state index is 0.0781. The van der Waals surface area contributed by atoms with Gasteiger partial charge < -0.3 is 10.1 Å². The van der Waals surface area contributed by atoms with E-state index in [1.165, 1.54) is 7.11 Å². The normalized spacial score (nSPS) is 11.4. The van der Waals surface area contributed by atoms with Crippen molar-refractivity contribution in [3.8, 4) is 12.3 Å². The van der Waals surface area contributed by atoms with Crippen LogP contribution in [-0.2, 0) is 14.3 Å². The van der Waals surface area contributed by atoms with Gasteiger partial charge in [-0.05, 0) is 11.1 Å². The molecule has 0 aliphatic rings. The van der Waals surface area contributed by atoms with E-state index in [1.54, 1.807) is 0 Å². The van der Waals surface area contributed by atoms with Gasteiger partial charge in [0.1, 0.15) is 6.04 Å². The number of carbonyl (C=O) groups excluding carboxylic acids is 2. The zero-order chi connectivity index (χ0) is 17.4. The number of rotatable bonds is 6. The molecule has 0 fully saturated rings. The summed E-state index contributed by atoms with van der Waals surface area (Å²) in [6, 6.07) is 17.9. The molecule has 2 rings (SSSR count). The van der Waals surface area contributed by atoms with Crippen LogP contribution in [0.15, 0.2) is 60.7 Å². The van der Waals surface area contributed by atoms with E-state index in [2.05, 4.69) is 11.2 Å². The molecule has 0 unspecified atom stereocenters. The number of hydrogen-bond acceptors (Lipinski definition) is 3. The summed E-state index contributed by atoms with van der Waals surface area (Å²) < 4.78 is 4.71. The van der Waals surface area contributed by atoms with E-state index in [0.717, 1.165) is 11.1 Å². The Morgan fingerprint density at radius 2 is 1.54 bits per heavy atom. The van der Waals surface area contributed by atoms with Crippen molar-refractivity contribution in [1.29, 1.82) is 0 Å². The topological polar surface area (TPSA) is 55.4 Å². The highest BCUT2D eigenvalue weighted by Gasteiger charge is 2.27. The summed E-state index contributed by atoms with van der Waals surface area (Å²) in [5.74, 6) is 1.01. The highest BCUT2D eigenvalue weighted by atomic mass is 16.5. The standard InChI is InChI=1S/C20H19NO3/c1-3-10-17(20(23)24-2)21-19(22)18(15-11-6-4-7-12-15)16-13-8-5-9-14-16/h1,4-9,11-14,17-18H,10H2,2H3,(H,21,22)/t17-/m1/s1. The summed E-state index contributed by atoms with van der Waals surface area (Å²) in [4.78, 5) is 24.7. The van der Waals surface area contributed by atoms with Gasteiger partial charge >= 0.3 is 5.97 Å². The summed E-state index contributed by atoms with van der Waals surface area (Å²) in [5.41, 5.74) is 1.68. The van der Waals surface area contributed by atoms with Crippen molar-refractivity contribution in [2.24, 2.45) is 0 Å². The Bertz CT molecular complexity index is 680. The predicted octanol–water partition coefficient (Wildman–Crippen LogP) is 2.50. The maximum absolute atomic E-state index is 12.9. The van der Waals surface area contributed by atoms with Crippen molar-refractivity contribution in [2.45, 2.75) is 18.4 Å². The average molecular weight is 321 g/mol. The number of terminal acetylenes is 1. The monoisotopic (exact) mass is 321 g/mol. The summed E-state index contributed by atoms with van der Waals surface area (Å²) in [7, 11) is 1.27. The summed E-state index contributed by atoms with van der Waals surface area (Å²) in [5, 5.41) is 2.71. The fraction of sp³-hybridized carbons (Fsp3) is 0.200. The van der Waals surface area contributed by atoms with Crippen molar-refractivity contribution in [1.82, 2.24) is 5.32 Å². The number of carbonyl (C=O) groups is 2. The van der Waals surface area contributed by atoms with E-state index in [0.29, 0.717) is 0 Å². The van der Waals surface area contributed by atoms with Crippen LogP contribution >= 0.6 is 0 Å². The minimum atomic E-state index is -0.859. The first-order chi connectivity index (χ1) is 11.7. The molecule has 0 aliphatic carbocycles. The number of hydrogen-bond donors (Lipinski definition) is 1. The van der Waals surface area contributed by atoms with Crippen LogP contribution < -0.4 is 5.32 Å². The van der Waals surface area contributed by atoms with E-state index in [9.17, 15) is 9.59 Å². The molecule has 0 aromatic heterocycles. The number of ether oxygens (including phenoxy) is 1. The van der Waals surface area contributed by atoms with Gasteiger partial charge in [-0.2, -0.15) is 0 Å². The molecule has 4 nitrogen and oxygen atoms in total. The molecule has 0 bridgehead atoms. The molecular formula is C20H19NO3. The molecule has 2 aromatic rings. The lowest BCUT2D eigenvalue weighted by Gasteiger charge is -2.21. The van der Waals surface area contributed by atoms with Gasteiger partial charge in [-0.1, -0.05) is 60.7 Å². The van der Waals surface area contributed by atoms with Crippen molar-refractivity contribution >= 4 is 11.9 Å². The number of esters is 1. The molecule has 2 aromatic carbocycles. The van der Waals surface area contributed by atoms with E-state index in [-0.39, 0.29) is 12.3 Å². The molecule has 1 amide bonds. The zero-order valence-corrected chi connectivity index (χ0v) is 13.4. The van der Waals surface area contributed by atoms with Gasteiger partial charge in [0.15, 0.2) is 0 Å². The minimum Gasteiger partial charge on any atom is -0.467 e.